The fraction of sp³-hybridized carbons (Fsp3) is 0. The van der Waals surface area contributed by atoms with Crippen LogP contribution in [0.4, 0.5) is 0 Å². The van der Waals surface area contributed by atoms with Gasteiger partial charge in [-0.3, -0.25) is 0 Å². The first kappa shape index (κ1) is 62.6. The number of nitrogens with zero attached hydrogens (tertiary/aromatic N) is 8. The molecule has 0 atom stereocenters. The van der Waals surface area contributed by atoms with Crippen molar-refractivity contribution in [3.8, 4) is 90.8 Å². The lowest BCUT2D eigenvalue weighted by Crippen LogP contribution is -2.01. The van der Waals surface area contributed by atoms with E-state index in [1.165, 1.54) is 85.1 Å². The zero-order valence-corrected chi connectivity index (χ0v) is 61.5. The summed E-state index contributed by atoms with van der Waals surface area (Å²) in [7, 11) is 0. The molecule has 518 valence electrons. The first-order chi connectivity index (χ1) is 55.4. The third-order valence-corrected chi connectivity index (χ3v) is 25.1. The summed E-state index contributed by atoms with van der Waals surface area (Å²) in [6, 6.07) is 128. The van der Waals surface area contributed by atoms with E-state index >= 15 is 0 Å². The second-order valence-electron chi connectivity index (χ2n) is 29.3. The molecule has 0 fully saturated rings. The highest BCUT2D eigenvalue weighted by atomic mass is 32.1. The summed E-state index contributed by atoms with van der Waals surface area (Å²) in [5.41, 5.74) is 14.5. The summed E-state index contributed by atoms with van der Waals surface area (Å²) >= 11 is 3.62. The molecular formula is C102H58N8S2. The molecule has 6 aromatic heterocycles. The number of rotatable bonds is 9. The molecule has 0 bridgehead atoms. The Kier molecular flexibility index (Phi) is 13.7. The first-order valence-electron chi connectivity index (χ1n) is 37.8. The van der Waals surface area contributed by atoms with Crippen LogP contribution in [0, 0.1) is 0 Å². The highest BCUT2D eigenvalue weighted by Gasteiger charge is 2.26. The van der Waals surface area contributed by atoms with E-state index in [0.29, 0.717) is 34.9 Å². The van der Waals surface area contributed by atoms with Gasteiger partial charge in [0.2, 0.25) is 0 Å². The summed E-state index contributed by atoms with van der Waals surface area (Å²) in [5.74, 6) is 3.62. The Morgan fingerprint density at radius 1 is 0.179 bits per heavy atom. The minimum Gasteiger partial charge on any atom is -0.309 e. The van der Waals surface area contributed by atoms with Gasteiger partial charge in [0.05, 0.1) is 22.1 Å². The number of aromatic nitrogens is 8. The van der Waals surface area contributed by atoms with Crippen molar-refractivity contribution in [2.45, 2.75) is 0 Å². The number of hydrogen-bond donors (Lipinski definition) is 0. The number of hydrogen-bond acceptors (Lipinski definition) is 8. The zero-order valence-electron chi connectivity index (χ0n) is 59.9. The van der Waals surface area contributed by atoms with Crippen LogP contribution in [-0.2, 0) is 0 Å². The topological polar surface area (TPSA) is 87.2 Å². The Labute approximate surface area is 648 Å². The number of fused-ring (bicyclic) bond motifs is 19. The molecule has 0 amide bonds. The van der Waals surface area contributed by atoms with Crippen molar-refractivity contribution in [2.75, 3.05) is 0 Å². The van der Waals surface area contributed by atoms with Crippen molar-refractivity contribution < 1.29 is 0 Å². The lowest BCUT2D eigenvalue weighted by atomic mass is 9.94. The summed E-state index contributed by atoms with van der Waals surface area (Å²) in [4.78, 5) is 32.7. The van der Waals surface area contributed by atoms with Gasteiger partial charge in [-0.25, -0.2) is 29.9 Å². The van der Waals surface area contributed by atoms with Gasteiger partial charge in [-0.1, -0.05) is 255 Å². The van der Waals surface area contributed by atoms with E-state index in [-0.39, 0.29) is 0 Å². The van der Waals surface area contributed by atoms with Crippen LogP contribution in [0.2, 0.25) is 0 Å². The second kappa shape index (κ2) is 24.5. The highest BCUT2D eigenvalue weighted by molar-refractivity contribution is 7.26. The normalized spacial score (nSPS) is 12.1. The Hall–Kier alpha value is -14.4. The predicted molar refractivity (Wildman–Crippen MR) is 471 cm³/mol. The Morgan fingerprint density at radius 3 is 1.04 bits per heavy atom. The summed E-state index contributed by atoms with van der Waals surface area (Å²) < 4.78 is 9.59. The smallest absolute Gasteiger partial charge is 0.165 e. The minimum atomic E-state index is 0.585. The van der Waals surface area contributed by atoms with E-state index < -0.39 is 0 Å². The monoisotopic (exact) mass is 1460 g/mol. The van der Waals surface area contributed by atoms with Crippen LogP contribution in [0.3, 0.4) is 0 Å². The zero-order chi connectivity index (χ0) is 73.2. The maximum absolute atomic E-state index is 5.61. The fourth-order valence-corrected chi connectivity index (χ4v) is 19.9. The molecular weight excluding hydrogens is 1400 g/mol. The average molecular weight is 1460 g/mol. The van der Waals surface area contributed by atoms with Gasteiger partial charge < -0.3 is 9.13 Å². The van der Waals surface area contributed by atoms with Gasteiger partial charge in [-0.05, 0) is 173 Å². The summed E-state index contributed by atoms with van der Waals surface area (Å²) in [6.07, 6.45) is 0. The molecule has 0 aliphatic rings. The molecule has 6 heterocycles. The fourth-order valence-electron chi connectivity index (χ4n) is 17.6. The lowest BCUT2D eigenvalue weighted by molar-refractivity contribution is 1.08. The van der Waals surface area contributed by atoms with Crippen molar-refractivity contribution in [3.63, 3.8) is 0 Å². The molecule has 0 radical (unpaired) electrons. The lowest BCUT2D eigenvalue weighted by Gasteiger charge is -2.14. The molecule has 10 heteroatoms. The molecule has 0 N–H and O–H groups in total. The molecule has 0 saturated carbocycles. The molecule has 112 heavy (non-hydrogen) atoms. The third kappa shape index (κ3) is 9.85. The van der Waals surface area contributed by atoms with Crippen molar-refractivity contribution in [1.82, 2.24) is 39.0 Å². The van der Waals surface area contributed by atoms with Crippen molar-refractivity contribution in [3.05, 3.63) is 352 Å². The maximum Gasteiger partial charge on any atom is 0.165 e. The van der Waals surface area contributed by atoms with E-state index in [0.717, 1.165) is 119 Å². The number of benzene rings is 18. The standard InChI is InChI=1S/C102H58N8S2/c1-4-21-61(22-5-1)97-103-98(62-23-6-2-7-24-62)107-102(106-97)96-78-44-40-71(48-73(78)56-91-94(96)83-58-75(43-47-89(83)112-91)110-85-52-68-30-13-10-27-65(68)49-79(85)80-50-66-28-11-14-31-69(66)53-86(80)110)59-36-38-64(39-37-59)100-104-99(63-25-8-3-9-26-63)105-101(108-100)95-77-35-19-17-33-72(77)55-90-93(95)82-57-74(42-46-88(82)111-90)109-84-45-41-60-20-16-18-34-76(60)92(84)81-51-67-29-12-15-32-70(67)54-87(81)109/h1-58H. The van der Waals surface area contributed by atoms with Gasteiger partial charge in [0.15, 0.2) is 34.9 Å². The first-order valence-corrected chi connectivity index (χ1v) is 39.4. The van der Waals surface area contributed by atoms with E-state index in [1.54, 1.807) is 11.3 Å². The molecule has 24 rings (SSSR count). The average Bonchev–Trinajstić information content (AvgIpc) is 1.56. The van der Waals surface area contributed by atoms with Gasteiger partial charge in [0.1, 0.15) is 0 Å². The molecule has 8 nitrogen and oxygen atoms in total. The van der Waals surface area contributed by atoms with Gasteiger partial charge >= 0.3 is 0 Å². The van der Waals surface area contributed by atoms with Gasteiger partial charge in [-0.15, -0.1) is 22.7 Å². The van der Waals surface area contributed by atoms with Crippen LogP contribution in [0.25, 0.3) is 239 Å². The van der Waals surface area contributed by atoms with Crippen LogP contribution in [0.15, 0.2) is 352 Å². The van der Waals surface area contributed by atoms with Gasteiger partial charge in [0.25, 0.3) is 0 Å². The van der Waals surface area contributed by atoms with E-state index in [4.69, 9.17) is 29.9 Å². The Balaban J connectivity index is 0.673. The molecule has 0 unspecified atom stereocenters. The molecule has 0 saturated heterocycles. The molecule has 18 aromatic carbocycles. The van der Waals surface area contributed by atoms with Crippen LogP contribution in [0.1, 0.15) is 0 Å². The second-order valence-corrected chi connectivity index (χ2v) is 31.4. The molecule has 0 aliphatic carbocycles. The Bertz CT molecular complexity index is 7970. The predicted octanol–water partition coefficient (Wildman–Crippen LogP) is 27.6. The number of thiophene rings is 2. The largest absolute Gasteiger partial charge is 0.309 e. The molecule has 24 aromatic rings. The van der Waals surface area contributed by atoms with E-state index in [9.17, 15) is 0 Å². The van der Waals surface area contributed by atoms with Crippen LogP contribution >= 0.6 is 22.7 Å². The van der Waals surface area contributed by atoms with Crippen molar-refractivity contribution in [1.29, 1.82) is 0 Å². The van der Waals surface area contributed by atoms with E-state index in [1.807, 2.05) is 53.8 Å². The minimum absolute atomic E-state index is 0.585. The summed E-state index contributed by atoms with van der Waals surface area (Å²) in [6.45, 7) is 0. The highest BCUT2D eigenvalue weighted by Crippen LogP contribution is 2.50. The van der Waals surface area contributed by atoms with Crippen molar-refractivity contribution >= 4 is 171 Å². The summed E-state index contributed by atoms with van der Waals surface area (Å²) in [5, 5.41) is 23.4. The quantitative estimate of drug-likeness (QED) is 0.143. The SMILES string of the molecule is c1ccc(-c2nc(-c3ccccc3)nc(-c3c4ccc(-c5ccc(-c6nc(-c7ccccc7)nc(-c7c8ccccc8cc8sc9ccc(-n%10c%11cc%12ccccc%12cc%11c%11c%12ccccc%12ccc%11%10)cc9c78)n6)cc5)cc4cc4sc5ccc(-n6c7cc8ccccc8cc7c7cc8ccccc8cc76)cc5c34)n2)cc1. The van der Waals surface area contributed by atoms with Crippen LogP contribution in [-0.4, -0.2) is 39.0 Å². The van der Waals surface area contributed by atoms with Crippen molar-refractivity contribution in [2.24, 2.45) is 0 Å². The third-order valence-electron chi connectivity index (χ3n) is 22.9. The van der Waals surface area contributed by atoms with E-state index in [2.05, 4.69) is 319 Å². The van der Waals surface area contributed by atoms with Crippen LogP contribution in [0.5, 0.6) is 0 Å². The maximum atomic E-state index is 5.61. The van der Waals surface area contributed by atoms with Gasteiger partial charge in [0, 0.05) is 107 Å². The molecule has 0 aliphatic heterocycles. The molecule has 0 spiro atoms. The Morgan fingerprint density at radius 2 is 0.545 bits per heavy atom. The van der Waals surface area contributed by atoms with Gasteiger partial charge in [-0.2, -0.15) is 0 Å². The van der Waals surface area contributed by atoms with Crippen LogP contribution < -0.4 is 0 Å².